The van der Waals surface area contributed by atoms with E-state index in [-0.39, 0.29) is 25.3 Å². The van der Waals surface area contributed by atoms with E-state index >= 15 is 0 Å². The summed E-state index contributed by atoms with van der Waals surface area (Å²) in [6, 6.07) is 0.165. The topological polar surface area (TPSA) is 82.1 Å². The van der Waals surface area contributed by atoms with Gasteiger partial charge in [-0.15, -0.1) is 0 Å². The molecule has 7 nitrogen and oxygen atoms in total. The Morgan fingerprint density at radius 3 is 2.84 bits per heavy atom. The largest absolute Gasteiger partial charge is 0.480 e. The first-order valence-electron chi connectivity index (χ1n) is 6.49. The molecule has 1 saturated heterocycles. The maximum atomic E-state index is 12.0. The first kappa shape index (κ1) is 15.7. The van der Waals surface area contributed by atoms with Gasteiger partial charge in [0.2, 0.25) is 0 Å². The highest BCUT2D eigenvalue weighted by Gasteiger charge is 2.28. The third kappa shape index (κ3) is 5.89. The number of nitrogens with zero attached hydrogens (tertiary/aromatic N) is 2. The predicted molar refractivity (Wildman–Crippen MR) is 70.1 cm³/mol. The van der Waals surface area contributed by atoms with Crippen LogP contribution in [0.25, 0.3) is 0 Å². The molecule has 0 aromatic rings. The van der Waals surface area contributed by atoms with Crippen LogP contribution in [0.15, 0.2) is 0 Å². The number of nitrogens with one attached hydrogen (secondary N) is 1. The highest BCUT2D eigenvalue weighted by molar-refractivity contribution is 5.74. The Morgan fingerprint density at radius 1 is 1.47 bits per heavy atom. The van der Waals surface area contributed by atoms with Gasteiger partial charge in [-0.05, 0) is 26.9 Å². The lowest BCUT2D eigenvalue weighted by Crippen LogP contribution is -2.47. The smallest absolute Gasteiger partial charge is 0.329 e. The van der Waals surface area contributed by atoms with E-state index in [9.17, 15) is 9.59 Å². The van der Waals surface area contributed by atoms with Crippen LogP contribution in [0.3, 0.4) is 0 Å². The molecule has 1 rings (SSSR count). The van der Waals surface area contributed by atoms with Gasteiger partial charge in [0, 0.05) is 25.7 Å². The fraction of sp³-hybridized carbons (Fsp3) is 0.833. The number of ether oxygens (including phenoxy) is 1. The average Bonchev–Trinajstić information content (AvgIpc) is 2.75. The van der Waals surface area contributed by atoms with Crippen molar-refractivity contribution < 1.29 is 19.4 Å². The lowest BCUT2D eigenvalue weighted by Gasteiger charge is -2.27. The molecule has 0 aliphatic carbocycles. The molecule has 2 amide bonds. The summed E-state index contributed by atoms with van der Waals surface area (Å²) < 4.78 is 4.86. The molecule has 1 aliphatic heterocycles. The highest BCUT2D eigenvalue weighted by atomic mass is 16.5. The van der Waals surface area contributed by atoms with Crippen molar-refractivity contribution in [2.75, 3.05) is 46.9 Å². The molecule has 1 fully saturated rings. The molecule has 1 unspecified atom stereocenters. The maximum Gasteiger partial charge on any atom is 0.329 e. The minimum Gasteiger partial charge on any atom is -0.480 e. The molecule has 110 valence electrons. The lowest BCUT2D eigenvalue weighted by molar-refractivity contribution is -0.142. The number of rotatable bonds is 7. The van der Waals surface area contributed by atoms with Gasteiger partial charge < -0.3 is 25.0 Å². The fourth-order valence-electron chi connectivity index (χ4n) is 2.21. The number of hydrogen-bond donors (Lipinski definition) is 2. The van der Waals surface area contributed by atoms with Crippen molar-refractivity contribution in [2.45, 2.75) is 18.9 Å². The van der Waals surface area contributed by atoms with E-state index in [0.717, 1.165) is 25.9 Å². The molecule has 2 N–H and O–H groups in total. The SMILES string of the molecule is CN(C)CC1CCCN1C(=O)NCCOCC(=O)O. The van der Waals surface area contributed by atoms with E-state index in [1.165, 1.54) is 0 Å². The van der Waals surface area contributed by atoms with Crippen molar-refractivity contribution in [1.29, 1.82) is 0 Å². The van der Waals surface area contributed by atoms with Crippen LogP contribution in [-0.2, 0) is 9.53 Å². The van der Waals surface area contributed by atoms with E-state index in [0.29, 0.717) is 6.54 Å². The monoisotopic (exact) mass is 273 g/mol. The third-order valence-electron chi connectivity index (χ3n) is 2.96. The molecule has 0 aromatic carbocycles. The van der Waals surface area contributed by atoms with E-state index in [1.54, 1.807) is 0 Å². The van der Waals surface area contributed by atoms with Gasteiger partial charge in [-0.3, -0.25) is 0 Å². The number of carbonyl (C=O) groups is 2. The molecular formula is C12H23N3O4. The number of carboxylic acids is 1. The van der Waals surface area contributed by atoms with Crippen LogP contribution in [0, 0.1) is 0 Å². The van der Waals surface area contributed by atoms with Gasteiger partial charge in [-0.1, -0.05) is 0 Å². The average molecular weight is 273 g/mol. The summed E-state index contributed by atoms with van der Waals surface area (Å²) in [4.78, 5) is 26.1. The fourth-order valence-corrected chi connectivity index (χ4v) is 2.21. The molecule has 7 heteroatoms. The quantitative estimate of drug-likeness (QED) is 0.629. The molecular weight excluding hydrogens is 250 g/mol. The van der Waals surface area contributed by atoms with Gasteiger partial charge in [0.15, 0.2) is 0 Å². The van der Waals surface area contributed by atoms with Crippen molar-refractivity contribution in [1.82, 2.24) is 15.1 Å². The molecule has 1 aliphatic rings. The van der Waals surface area contributed by atoms with Gasteiger partial charge in [-0.25, -0.2) is 9.59 Å². The second kappa shape index (κ2) is 7.96. The number of carbonyl (C=O) groups excluding carboxylic acids is 1. The normalized spacial score (nSPS) is 18.9. The number of hydrogen-bond acceptors (Lipinski definition) is 4. The summed E-state index contributed by atoms with van der Waals surface area (Å²) in [6.07, 6.45) is 2.06. The molecule has 0 spiro atoms. The number of carboxylic acid groups (broad SMARTS) is 1. The van der Waals surface area contributed by atoms with Gasteiger partial charge in [-0.2, -0.15) is 0 Å². The van der Waals surface area contributed by atoms with Crippen LogP contribution < -0.4 is 5.32 Å². The van der Waals surface area contributed by atoms with Crippen LogP contribution in [0.2, 0.25) is 0 Å². The van der Waals surface area contributed by atoms with Gasteiger partial charge >= 0.3 is 12.0 Å². The number of likely N-dealkylation sites (N-methyl/N-ethyl adjacent to an activating group) is 1. The maximum absolute atomic E-state index is 12.0. The van der Waals surface area contributed by atoms with Crippen molar-refractivity contribution in [3.8, 4) is 0 Å². The van der Waals surface area contributed by atoms with Gasteiger partial charge in [0.1, 0.15) is 6.61 Å². The summed E-state index contributed by atoms with van der Waals surface area (Å²) in [5.41, 5.74) is 0. The lowest BCUT2D eigenvalue weighted by atomic mass is 10.2. The zero-order valence-electron chi connectivity index (χ0n) is 11.6. The Labute approximate surface area is 113 Å². The standard InChI is InChI=1S/C12H23N3O4/c1-14(2)8-10-4-3-6-15(10)12(18)13-5-7-19-9-11(16)17/h10H,3-9H2,1-2H3,(H,13,18)(H,16,17). The zero-order valence-corrected chi connectivity index (χ0v) is 11.6. The molecule has 0 radical (unpaired) electrons. The number of urea groups is 1. The molecule has 0 aromatic heterocycles. The van der Waals surface area contributed by atoms with Gasteiger partial charge in [0.05, 0.1) is 6.61 Å². The van der Waals surface area contributed by atoms with E-state index in [1.807, 2.05) is 19.0 Å². The number of aliphatic carboxylic acids is 1. The predicted octanol–water partition coefficient (Wildman–Crippen LogP) is -0.177. The van der Waals surface area contributed by atoms with Crippen LogP contribution in [0.4, 0.5) is 4.79 Å². The summed E-state index contributed by atoms with van der Waals surface area (Å²) in [7, 11) is 3.99. The first-order valence-corrected chi connectivity index (χ1v) is 6.49. The molecule has 19 heavy (non-hydrogen) atoms. The molecule has 1 atom stereocenters. The summed E-state index contributed by atoms with van der Waals surface area (Å²) in [6.45, 7) is 1.85. The summed E-state index contributed by atoms with van der Waals surface area (Å²) in [5.74, 6) is -1.00. The van der Waals surface area contributed by atoms with Crippen molar-refractivity contribution in [3.63, 3.8) is 0 Å². The van der Waals surface area contributed by atoms with Crippen LogP contribution in [0.1, 0.15) is 12.8 Å². The van der Waals surface area contributed by atoms with E-state index in [2.05, 4.69) is 10.2 Å². The third-order valence-corrected chi connectivity index (χ3v) is 2.96. The van der Waals surface area contributed by atoms with Crippen LogP contribution >= 0.6 is 0 Å². The Hall–Kier alpha value is -1.34. The highest BCUT2D eigenvalue weighted by Crippen LogP contribution is 2.17. The Morgan fingerprint density at radius 2 is 2.21 bits per heavy atom. The van der Waals surface area contributed by atoms with Gasteiger partial charge in [0.25, 0.3) is 0 Å². The Kier molecular flexibility index (Phi) is 6.58. The van der Waals surface area contributed by atoms with Crippen LogP contribution in [-0.4, -0.2) is 79.9 Å². The van der Waals surface area contributed by atoms with Crippen molar-refractivity contribution in [3.05, 3.63) is 0 Å². The second-order valence-corrected chi connectivity index (χ2v) is 4.93. The Balaban J connectivity index is 2.22. The van der Waals surface area contributed by atoms with E-state index in [4.69, 9.17) is 9.84 Å². The number of likely N-dealkylation sites (tertiary alicyclic amines) is 1. The zero-order chi connectivity index (χ0) is 14.3. The minimum atomic E-state index is -1.00. The summed E-state index contributed by atoms with van der Waals surface area (Å²) in [5, 5.41) is 11.1. The molecule has 0 saturated carbocycles. The minimum absolute atomic E-state index is 0.0942. The number of amides is 2. The second-order valence-electron chi connectivity index (χ2n) is 4.93. The van der Waals surface area contributed by atoms with Crippen LogP contribution in [0.5, 0.6) is 0 Å². The summed E-state index contributed by atoms with van der Waals surface area (Å²) >= 11 is 0. The molecule has 1 heterocycles. The first-order chi connectivity index (χ1) is 9.00. The van der Waals surface area contributed by atoms with Crippen molar-refractivity contribution in [2.24, 2.45) is 0 Å². The van der Waals surface area contributed by atoms with E-state index < -0.39 is 5.97 Å². The Bertz CT molecular complexity index is 309. The van der Waals surface area contributed by atoms with Crippen molar-refractivity contribution >= 4 is 12.0 Å². The molecule has 0 bridgehead atoms.